The molecule has 0 fully saturated rings. The first-order valence-electron chi connectivity index (χ1n) is 6.12. The van der Waals surface area contributed by atoms with Crippen molar-refractivity contribution in [3.05, 3.63) is 47.2 Å². The van der Waals surface area contributed by atoms with E-state index >= 15 is 0 Å². The smallest absolute Gasteiger partial charge is 0.208 e. The molecule has 2 heterocycles. The Labute approximate surface area is 106 Å². The fourth-order valence-corrected chi connectivity index (χ4v) is 2.16. The molecule has 0 aliphatic carbocycles. The van der Waals surface area contributed by atoms with Crippen LogP contribution in [0.5, 0.6) is 5.75 Å². The van der Waals surface area contributed by atoms with E-state index in [0.717, 1.165) is 23.1 Å². The third kappa shape index (κ3) is 1.99. The molecular formula is C14H16N2O2. The molecule has 18 heavy (non-hydrogen) atoms. The molecule has 0 saturated carbocycles. The van der Waals surface area contributed by atoms with Crippen molar-refractivity contribution in [3.63, 3.8) is 0 Å². The molecule has 0 radical (unpaired) electrons. The highest BCUT2D eigenvalue weighted by Crippen LogP contribution is 2.31. The molecule has 4 heteroatoms. The van der Waals surface area contributed by atoms with E-state index in [1.165, 1.54) is 5.56 Å². The highest BCUT2D eigenvalue weighted by atomic mass is 16.5. The first-order valence-corrected chi connectivity index (χ1v) is 6.12. The maximum atomic E-state index is 5.61. The van der Waals surface area contributed by atoms with Crippen molar-refractivity contribution in [3.8, 4) is 5.75 Å². The number of oxazole rings is 1. The van der Waals surface area contributed by atoms with Crippen molar-refractivity contribution in [1.29, 1.82) is 0 Å². The zero-order chi connectivity index (χ0) is 12.5. The minimum Gasteiger partial charge on any atom is -0.491 e. The summed E-state index contributed by atoms with van der Waals surface area (Å²) >= 11 is 0. The molecule has 94 valence electrons. The van der Waals surface area contributed by atoms with E-state index in [0.29, 0.717) is 13.2 Å². The highest BCUT2D eigenvalue weighted by molar-refractivity contribution is 5.39. The highest BCUT2D eigenvalue weighted by Gasteiger charge is 2.23. The largest absolute Gasteiger partial charge is 0.491 e. The molecule has 1 aromatic heterocycles. The number of benzene rings is 1. The number of ether oxygens (including phenoxy) is 1. The lowest BCUT2D eigenvalue weighted by atomic mass is 10.1. The summed E-state index contributed by atoms with van der Waals surface area (Å²) in [6.45, 7) is 5.17. The zero-order valence-corrected chi connectivity index (χ0v) is 10.6. The lowest BCUT2D eigenvalue weighted by Crippen LogP contribution is -2.22. The molecule has 1 atom stereocenters. The second-order valence-electron chi connectivity index (χ2n) is 4.53. The van der Waals surface area contributed by atoms with E-state index in [1.54, 1.807) is 0 Å². The Balaban J connectivity index is 1.68. The molecule has 0 spiro atoms. The molecule has 3 rings (SSSR count). The van der Waals surface area contributed by atoms with E-state index in [4.69, 9.17) is 9.15 Å². The Morgan fingerprint density at radius 2 is 2.17 bits per heavy atom. The second-order valence-corrected chi connectivity index (χ2v) is 4.53. The van der Waals surface area contributed by atoms with Crippen molar-refractivity contribution >= 4 is 0 Å². The molecule has 4 nitrogen and oxygen atoms in total. The van der Waals surface area contributed by atoms with Gasteiger partial charge in [0.25, 0.3) is 0 Å². The van der Waals surface area contributed by atoms with Gasteiger partial charge >= 0.3 is 0 Å². The number of aryl methyl sites for hydroxylation is 2. The van der Waals surface area contributed by atoms with Crippen LogP contribution in [0.3, 0.4) is 0 Å². The molecule has 1 N–H and O–H groups in total. The van der Waals surface area contributed by atoms with Gasteiger partial charge in [0.05, 0.1) is 18.3 Å². The number of nitrogens with zero attached hydrogens (tertiary/aromatic N) is 1. The molecule has 1 aromatic carbocycles. The van der Waals surface area contributed by atoms with Gasteiger partial charge in [-0.25, -0.2) is 4.98 Å². The van der Waals surface area contributed by atoms with E-state index in [1.807, 2.05) is 32.0 Å². The van der Waals surface area contributed by atoms with Crippen LogP contribution in [0.15, 0.2) is 28.7 Å². The van der Waals surface area contributed by atoms with Crippen LogP contribution in [0.25, 0.3) is 0 Å². The van der Waals surface area contributed by atoms with Crippen LogP contribution >= 0.6 is 0 Å². The van der Waals surface area contributed by atoms with Crippen LogP contribution in [0, 0.1) is 13.8 Å². The predicted molar refractivity (Wildman–Crippen MR) is 67.5 cm³/mol. The van der Waals surface area contributed by atoms with Gasteiger partial charge in [0.2, 0.25) is 5.89 Å². The SMILES string of the molecule is Cc1nc(CNC2COc3ccccc32)oc1C. The van der Waals surface area contributed by atoms with Crippen molar-refractivity contribution < 1.29 is 9.15 Å². The van der Waals surface area contributed by atoms with Crippen LogP contribution in [-0.2, 0) is 6.54 Å². The number of aromatic nitrogens is 1. The fourth-order valence-electron chi connectivity index (χ4n) is 2.16. The second kappa shape index (κ2) is 4.46. The maximum Gasteiger partial charge on any atom is 0.208 e. The zero-order valence-electron chi connectivity index (χ0n) is 10.6. The van der Waals surface area contributed by atoms with Crippen molar-refractivity contribution in [2.24, 2.45) is 0 Å². The van der Waals surface area contributed by atoms with Crippen LogP contribution < -0.4 is 10.1 Å². The average Bonchev–Trinajstić information content (AvgIpc) is 2.92. The summed E-state index contributed by atoms with van der Waals surface area (Å²) in [6.07, 6.45) is 0. The van der Waals surface area contributed by atoms with E-state index in [-0.39, 0.29) is 6.04 Å². The maximum absolute atomic E-state index is 5.61. The molecule has 0 saturated heterocycles. The molecule has 2 aromatic rings. The summed E-state index contributed by atoms with van der Waals surface area (Å²) in [4.78, 5) is 4.36. The van der Waals surface area contributed by atoms with E-state index < -0.39 is 0 Å². The van der Waals surface area contributed by atoms with Gasteiger partial charge in [-0.05, 0) is 19.9 Å². The van der Waals surface area contributed by atoms with Crippen LogP contribution in [0.1, 0.15) is 29.0 Å². The van der Waals surface area contributed by atoms with Gasteiger partial charge in [-0.1, -0.05) is 18.2 Å². The minimum absolute atomic E-state index is 0.216. The molecule has 1 aliphatic heterocycles. The number of hydrogen-bond acceptors (Lipinski definition) is 4. The normalized spacial score (nSPS) is 17.6. The number of nitrogens with one attached hydrogen (secondary N) is 1. The summed E-state index contributed by atoms with van der Waals surface area (Å²) < 4.78 is 11.2. The average molecular weight is 244 g/mol. The van der Waals surface area contributed by atoms with Crippen molar-refractivity contribution in [2.45, 2.75) is 26.4 Å². The topological polar surface area (TPSA) is 47.3 Å². The first-order chi connectivity index (χ1) is 8.74. The summed E-state index contributed by atoms with van der Waals surface area (Å²) in [5, 5.41) is 3.41. The summed E-state index contributed by atoms with van der Waals surface area (Å²) in [7, 11) is 0. The Bertz CT molecular complexity index is 543. The van der Waals surface area contributed by atoms with Gasteiger partial charge in [-0.3, -0.25) is 5.32 Å². The van der Waals surface area contributed by atoms with Gasteiger partial charge in [0, 0.05) is 5.56 Å². The molecule has 0 amide bonds. The van der Waals surface area contributed by atoms with Crippen molar-refractivity contribution in [1.82, 2.24) is 10.3 Å². The molecule has 0 bridgehead atoms. The quantitative estimate of drug-likeness (QED) is 0.901. The van der Waals surface area contributed by atoms with Crippen molar-refractivity contribution in [2.75, 3.05) is 6.61 Å². The summed E-state index contributed by atoms with van der Waals surface area (Å²) in [5.41, 5.74) is 2.16. The van der Waals surface area contributed by atoms with Crippen LogP contribution in [-0.4, -0.2) is 11.6 Å². The van der Waals surface area contributed by atoms with E-state index in [9.17, 15) is 0 Å². The Hall–Kier alpha value is -1.81. The Kier molecular flexibility index (Phi) is 2.80. The van der Waals surface area contributed by atoms with Gasteiger partial charge in [0.15, 0.2) is 0 Å². The monoisotopic (exact) mass is 244 g/mol. The van der Waals surface area contributed by atoms with Crippen LogP contribution in [0.2, 0.25) is 0 Å². The van der Waals surface area contributed by atoms with Gasteiger partial charge in [-0.2, -0.15) is 0 Å². The summed E-state index contributed by atoms with van der Waals surface area (Å²) in [5.74, 6) is 2.58. The number of fused-ring (bicyclic) bond motifs is 1. The fraction of sp³-hybridized carbons (Fsp3) is 0.357. The number of para-hydroxylation sites is 1. The predicted octanol–water partition coefficient (Wildman–Crippen LogP) is 2.51. The standard InChI is InChI=1S/C14H16N2O2/c1-9-10(2)18-14(16-9)7-15-12-8-17-13-6-4-3-5-11(12)13/h3-6,12,15H,7-8H2,1-2H3. The Morgan fingerprint density at radius 1 is 1.33 bits per heavy atom. The third-order valence-electron chi connectivity index (χ3n) is 3.27. The molecule has 1 aliphatic rings. The minimum atomic E-state index is 0.216. The van der Waals surface area contributed by atoms with Crippen LogP contribution in [0.4, 0.5) is 0 Å². The summed E-state index contributed by atoms with van der Waals surface area (Å²) in [6, 6.07) is 8.32. The van der Waals surface area contributed by atoms with Gasteiger partial charge in [0.1, 0.15) is 18.1 Å². The molecular weight excluding hydrogens is 228 g/mol. The van der Waals surface area contributed by atoms with Gasteiger partial charge < -0.3 is 9.15 Å². The van der Waals surface area contributed by atoms with E-state index in [2.05, 4.69) is 16.4 Å². The number of hydrogen-bond donors (Lipinski definition) is 1. The van der Waals surface area contributed by atoms with Gasteiger partial charge in [-0.15, -0.1) is 0 Å². The first kappa shape index (κ1) is 11.3. The number of rotatable bonds is 3. The Morgan fingerprint density at radius 3 is 2.94 bits per heavy atom. The third-order valence-corrected chi connectivity index (χ3v) is 3.27. The lowest BCUT2D eigenvalue weighted by molar-refractivity contribution is 0.304. The lowest BCUT2D eigenvalue weighted by Gasteiger charge is -2.09. The molecule has 1 unspecified atom stereocenters.